The molecule has 0 aromatic heterocycles. The number of hydrogen-bond donors (Lipinski definition) is 0. The third kappa shape index (κ3) is 9.97. The molecule has 0 heterocycles. The van der Waals surface area contributed by atoms with Gasteiger partial charge in [-0.3, -0.25) is 0 Å². The van der Waals surface area contributed by atoms with E-state index < -0.39 is 0 Å². The molecule has 0 aromatic rings. The molecule has 0 aromatic carbocycles. The zero-order chi connectivity index (χ0) is 14.6. The second-order valence-electron chi connectivity index (χ2n) is 9.17. The summed E-state index contributed by atoms with van der Waals surface area (Å²) < 4.78 is 0. The zero-order valence-corrected chi connectivity index (χ0v) is 14.6. The van der Waals surface area contributed by atoms with Gasteiger partial charge in [0.25, 0.3) is 0 Å². The highest BCUT2D eigenvalue weighted by molar-refractivity contribution is 4.72. The van der Waals surface area contributed by atoms with E-state index in [1.807, 2.05) is 0 Å². The molecule has 0 aliphatic heterocycles. The Hall–Kier alpha value is 0. The Bertz CT molecular complexity index is 213. The third-order valence-electron chi connectivity index (χ3n) is 3.98. The van der Waals surface area contributed by atoms with E-state index in [2.05, 4.69) is 62.3 Å². The Morgan fingerprint density at radius 3 is 1.44 bits per heavy atom. The summed E-state index contributed by atoms with van der Waals surface area (Å²) in [5, 5.41) is 0. The quantitative estimate of drug-likeness (QED) is 0.504. The van der Waals surface area contributed by atoms with Gasteiger partial charge >= 0.3 is 0 Å². The number of hydrogen-bond acceptors (Lipinski definition) is 0. The summed E-state index contributed by atoms with van der Waals surface area (Å²) in [4.78, 5) is 0. The molecule has 0 nitrogen and oxygen atoms in total. The molecule has 0 spiro atoms. The minimum Gasteiger partial charge on any atom is -0.0625 e. The maximum absolute atomic E-state index is 2.44. The van der Waals surface area contributed by atoms with Crippen LogP contribution in [0.5, 0.6) is 0 Å². The Morgan fingerprint density at radius 1 is 0.611 bits per heavy atom. The van der Waals surface area contributed by atoms with Crippen molar-refractivity contribution in [2.24, 2.45) is 28.6 Å². The highest BCUT2D eigenvalue weighted by atomic mass is 14.3. The van der Waals surface area contributed by atoms with Crippen LogP contribution in [0.15, 0.2) is 0 Å². The van der Waals surface area contributed by atoms with Crippen molar-refractivity contribution >= 4 is 0 Å². The molecule has 0 fully saturated rings. The van der Waals surface area contributed by atoms with E-state index >= 15 is 0 Å². The predicted molar refractivity (Wildman–Crippen MR) is 84.9 cm³/mol. The van der Waals surface area contributed by atoms with Gasteiger partial charge in [0.2, 0.25) is 0 Å². The van der Waals surface area contributed by atoms with Crippen LogP contribution >= 0.6 is 0 Å². The standard InChI is InChI=1S/C18H38/c1-14(12-17(4,5)6)10-11-15(2)16(3)13-18(7,8)9/h14-16H,10-13H2,1-9H3. The Morgan fingerprint density at radius 2 is 1.06 bits per heavy atom. The van der Waals surface area contributed by atoms with Crippen molar-refractivity contribution in [1.82, 2.24) is 0 Å². The summed E-state index contributed by atoms with van der Waals surface area (Å²) >= 11 is 0. The summed E-state index contributed by atoms with van der Waals surface area (Å²) in [6.07, 6.45) is 5.50. The maximum atomic E-state index is 2.44. The number of rotatable bonds is 6. The molecule has 0 saturated heterocycles. The van der Waals surface area contributed by atoms with E-state index in [4.69, 9.17) is 0 Å². The smallest absolute Gasteiger partial charge is 0.0380 e. The van der Waals surface area contributed by atoms with E-state index in [-0.39, 0.29) is 0 Å². The van der Waals surface area contributed by atoms with E-state index in [0.29, 0.717) is 10.8 Å². The Kier molecular flexibility index (Phi) is 6.96. The lowest BCUT2D eigenvalue weighted by atomic mass is 9.77. The van der Waals surface area contributed by atoms with Gasteiger partial charge in [-0.1, -0.05) is 75.2 Å². The zero-order valence-electron chi connectivity index (χ0n) is 14.6. The highest BCUT2D eigenvalue weighted by Gasteiger charge is 2.21. The normalized spacial score (nSPS) is 18.5. The van der Waals surface area contributed by atoms with Crippen LogP contribution in [0.25, 0.3) is 0 Å². The monoisotopic (exact) mass is 254 g/mol. The van der Waals surface area contributed by atoms with Crippen LogP contribution in [0.4, 0.5) is 0 Å². The van der Waals surface area contributed by atoms with Crippen LogP contribution < -0.4 is 0 Å². The molecule has 110 valence electrons. The van der Waals surface area contributed by atoms with Crippen molar-refractivity contribution in [3.05, 3.63) is 0 Å². The summed E-state index contributed by atoms with van der Waals surface area (Å²) in [6, 6.07) is 0. The second-order valence-corrected chi connectivity index (χ2v) is 9.17. The summed E-state index contributed by atoms with van der Waals surface area (Å²) in [6.45, 7) is 21.5. The van der Waals surface area contributed by atoms with Gasteiger partial charge in [-0.15, -0.1) is 0 Å². The molecule has 0 saturated carbocycles. The van der Waals surface area contributed by atoms with E-state index in [0.717, 1.165) is 17.8 Å². The molecule has 0 radical (unpaired) electrons. The summed E-state index contributed by atoms with van der Waals surface area (Å²) in [7, 11) is 0. The van der Waals surface area contributed by atoms with Crippen molar-refractivity contribution in [3.63, 3.8) is 0 Å². The topological polar surface area (TPSA) is 0 Å². The molecule has 0 bridgehead atoms. The first-order chi connectivity index (χ1) is 7.91. The van der Waals surface area contributed by atoms with Gasteiger partial charge in [0.1, 0.15) is 0 Å². The van der Waals surface area contributed by atoms with Crippen LogP contribution in [0.3, 0.4) is 0 Å². The fourth-order valence-corrected chi connectivity index (χ4v) is 3.15. The van der Waals surface area contributed by atoms with Crippen LogP contribution in [0.1, 0.15) is 88.0 Å². The summed E-state index contributed by atoms with van der Waals surface area (Å²) in [5.74, 6) is 2.59. The first-order valence-corrected chi connectivity index (χ1v) is 7.91. The van der Waals surface area contributed by atoms with Gasteiger partial charge in [-0.05, 0) is 41.4 Å². The molecule has 18 heavy (non-hydrogen) atoms. The van der Waals surface area contributed by atoms with Gasteiger partial charge < -0.3 is 0 Å². The SMILES string of the molecule is CC(CCC(C)C(C)CC(C)(C)C)CC(C)(C)C. The van der Waals surface area contributed by atoms with Gasteiger partial charge in [-0.2, -0.15) is 0 Å². The molecule has 0 aliphatic rings. The summed E-state index contributed by atoms with van der Waals surface area (Å²) in [5.41, 5.74) is 0.963. The van der Waals surface area contributed by atoms with Crippen LogP contribution in [0.2, 0.25) is 0 Å². The average Bonchev–Trinajstić information content (AvgIpc) is 2.08. The molecule has 0 heteroatoms. The van der Waals surface area contributed by atoms with Crippen LogP contribution in [0, 0.1) is 28.6 Å². The molecule has 0 rings (SSSR count). The van der Waals surface area contributed by atoms with Gasteiger partial charge in [0.05, 0.1) is 0 Å². The van der Waals surface area contributed by atoms with Crippen molar-refractivity contribution in [2.45, 2.75) is 88.0 Å². The lowest BCUT2D eigenvalue weighted by Crippen LogP contribution is -2.18. The molecule has 3 atom stereocenters. The largest absolute Gasteiger partial charge is 0.0625 e. The van der Waals surface area contributed by atoms with Crippen molar-refractivity contribution in [2.75, 3.05) is 0 Å². The van der Waals surface area contributed by atoms with Crippen molar-refractivity contribution in [3.8, 4) is 0 Å². The minimum absolute atomic E-state index is 0.477. The Labute approximate surface area is 117 Å². The molecule has 0 amide bonds. The first kappa shape index (κ1) is 18.0. The van der Waals surface area contributed by atoms with Gasteiger partial charge in [0.15, 0.2) is 0 Å². The molecule has 0 aliphatic carbocycles. The molecular formula is C18H38. The first-order valence-electron chi connectivity index (χ1n) is 7.91. The van der Waals surface area contributed by atoms with E-state index in [1.165, 1.54) is 25.7 Å². The third-order valence-corrected chi connectivity index (χ3v) is 3.98. The Balaban J connectivity index is 3.99. The van der Waals surface area contributed by atoms with Gasteiger partial charge in [0, 0.05) is 0 Å². The fourth-order valence-electron chi connectivity index (χ4n) is 3.15. The maximum Gasteiger partial charge on any atom is -0.0380 e. The van der Waals surface area contributed by atoms with Crippen molar-refractivity contribution < 1.29 is 0 Å². The highest BCUT2D eigenvalue weighted by Crippen LogP contribution is 2.33. The molecule has 3 unspecified atom stereocenters. The van der Waals surface area contributed by atoms with Crippen LogP contribution in [-0.4, -0.2) is 0 Å². The molecule has 0 N–H and O–H groups in total. The van der Waals surface area contributed by atoms with E-state index in [9.17, 15) is 0 Å². The van der Waals surface area contributed by atoms with Crippen molar-refractivity contribution in [1.29, 1.82) is 0 Å². The fraction of sp³-hybridized carbons (Fsp3) is 1.00. The molecular weight excluding hydrogens is 216 g/mol. The second kappa shape index (κ2) is 6.96. The average molecular weight is 255 g/mol. The van der Waals surface area contributed by atoms with E-state index in [1.54, 1.807) is 0 Å². The lowest BCUT2D eigenvalue weighted by Gasteiger charge is -2.29. The van der Waals surface area contributed by atoms with Gasteiger partial charge in [-0.25, -0.2) is 0 Å². The predicted octanol–water partition coefficient (Wildman–Crippen LogP) is 6.55. The minimum atomic E-state index is 0.477. The van der Waals surface area contributed by atoms with Crippen LogP contribution in [-0.2, 0) is 0 Å². The lowest BCUT2D eigenvalue weighted by molar-refractivity contribution is 0.221.